The monoisotopic (exact) mass is 462 g/mol. The van der Waals surface area contributed by atoms with E-state index in [1.165, 1.54) is 4.31 Å². The van der Waals surface area contributed by atoms with E-state index in [1.54, 1.807) is 27.0 Å². The molecule has 0 spiro atoms. The van der Waals surface area contributed by atoms with Crippen molar-refractivity contribution < 1.29 is 18.0 Å². The molecular formula is C21H30N6O4S. The Bertz CT molecular complexity index is 1130. The van der Waals surface area contributed by atoms with Crippen LogP contribution < -0.4 is 10.2 Å². The number of nitrogens with one attached hydrogen (secondary N) is 1. The lowest BCUT2D eigenvalue weighted by atomic mass is 9.88. The van der Waals surface area contributed by atoms with Crippen LogP contribution in [0.5, 0.6) is 0 Å². The lowest BCUT2D eigenvalue weighted by Crippen LogP contribution is -2.50. The van der Waals surface area contributed by atoms with Crippen LogP contribution in [0.2, 0.25) is 0 Å². The summed E-state index contributed by atoms with van der Waals surface area (Å²) in [6.45, 7) is 5.10. The standard InChI is InChI=1S/C21H30N6O4S/c1-4-24(3)32(30,31)27-10-6-16(11-15(27)2)12-17-5-9-26-18(13-17)19(14-22-26)25-8-7-20(28)23-21(25)29/h5,9,13-16H,4,6-8,10-12H2,1-3H3,(H,23,28,29)/t15-,16+/m0/s1. The number of anilines is 1. The van der Waals surface area contributed by atoms with Gasteiger partial charge in [-0.15, -0.1) is 0 Å². The van der Waals surface area contributed by atoms with Crippen LogP contribution in [0.1, 0.15) is 38.7 Å². The fraction of sp³-hybridized carbons (Fsp3) is 0.571. The number of pyridine rings is 1. The van der Waals surface area contributed by atoms with Gasteiger partial charge in [0.1, 0.15) is 0 Å². The molecule has 2 fully saturated rings. The maximum Gasteiger partial charge on any atom is 0.328 e. The number of hydrogen-bond donors (Lipinski definition) is 1. The number of imide groups is 1. The Hall–Kier alpha value is -2.50. The van der Waals surface area contributed by atoms with Gasteiger partial charge < -0.3 is 0 Å². The van der Waals surface area contributed by atoms with Crippen molar-refractivity contribution in [3.63, 3.8) is 0 Å². The summed E-state index contributed by atoms with van der Waals surface area (Å²) in [4.78, 5) is 25.3. The number of hydrogen-bond acceptors (Lipinski definition) is 5. The zero-order chi connectivity index (χ0) is 23.0. The van der Waals surface area contributed by atoms with E-state index in [1.807, 2.05) is 32.2 Å². The molecule has 11 heteroatoms. The molecule has 2 aliphatic rings. The summed E-state index contributed by atoms with van der Waals surface area (Å²) < 4.78 is 30.2. The van der Waals surface area contributed by atoms with Crippen LogP contribution in [0, 0.1) is 5.92 Å². The maximum absolute atomic E-state index is 12.7. The van der Waals surface area contributed by atoms with E-state index in [2.05, 4.69) is 10.4 Å². The van der Waals surface area contributed by atoms with Crippen molar-refractivity contribution in [2.45, 2.75) is 45.6 Å². The van der Waals surface area contributed by atoms with E-state index in [0.717, 1.165) is 30.3 Å². The molecule has 4 rings (SSSR count). The summed E-state index contributed by atoms with van der Waals surface area (Å²) in [5.41, 5.74) is 2.60. The number of carbonyl (C=O) groups is 2. The second-order valence-electron chi connectivity index (χ2n) is 8.63. The van der Waals surface area contributed by atoms with Crippen molar-refractivity contribution >= 4 is 33.4 Å². The average molecular weight is 463 g/mol. The molecule has 2 atom stereocenters. The van der Waals surface area contributed by atoms with Crippen molar-refractivity contribution in [2.24, 2.45) is 5.92 Å². The highest BCUT2D eigenvalue weighted by atomic mass is 32.2. The Morgan fingerprint density at radius 2 is 2.06 bits per heavy atom. The van der Waals surface area contributed by atoms with Crippen molar-refractivity contribution in [3.8, 4) is 0 Å². The van der Waals surface area contributed by atoms with Gasteiger partial charge in [0.2, 0.25) is 5.91 Å². The SMILES string of the molecule is CCN(C)S(=O)(=O)N1CC[C@@H](Cc2ccn3ncc(N4CCC(=O)NC4=O)c3c2)C[C@@H]1C. The minimum atomic E-state index is -3.42. The largest absolute Gasteiger partial charge is 0.328 e. The molecule has 174 valence electrons. The summed E-state index contributed by atoms with van der Waals surface area (Å²) in [6.07, 6.45) is 6.20. The molecule has 4 heterocycles. The van der Waals surface area contributed by atoms with Crippen molar-refractivity contribution in [1.29, 1.82) is 0 Å². The average Bonchev–Trinajstić information content (AvgIpc) is 3.16. The van der Waals surface area contributed by atoms with E-state index >= 15 is 0 Å². The second kappa shape index (κ2) is 8.80. The van der Waals surface area contributed by atoms with Crippen LogP contribution in [0.3, 0.4) is 0 Å². The number of piperidine rings is 1. The molecule has 2 saturated heterocycles. The normalized spacial score (nSPS) is 23.2. The Morgan fingerprint density at radius 3 is 2.75 bits per heavy atom. The first-order valence-electron chi connectivity index (χ1n) is 11.0. The highest BCUT2D eigenvalue weighted by Crippen LogP contribution is 2.30. The van der Waals surface area contributed by atoms with Gasteiger partial charge in [0.15, 0.2) is 0 Å². The molecular weight excluding hydrogens is 432 g/mol. The minimum Gasteiger partial charge on any atom is -0.290 e. The molecule has 2 aromatic heterocycles. The van der Waals surface area contributed by atoms with Gasteiger partial charge in [-0.25, -0.2) is 9.31 Å². The van der Waals surface area contributed by atoms with E-state index in [0.29, 0.717) is 31.2 Å². The molecule has 0 saturated carbocycles. The molecule has 10 nitrogen and oxygen atoms in total. The van der Waals surface area contributed by atoms with Crippen LogP contribution in [0.4, 0.5) is 10.5 Å². The Labute approximate surface area is 188 Å². The van der Waals surface area contributed by atoms with E-state index in [-0.39, 0.29) is 18.4 Å². The predicted molar refractivity (Wildman–Crippen MR) is 121 cm³/mol. The van der Waals surface area contributed by atoms with Crippen molar-refractivity contribution in [3.05, 3.63) is 30.1 Å². The summed E-state index contributed by atoms with van der Waals surface area (Å²) in [5.74, 6) is 0.101. The van der Waals surface area contributed by atoms with E-state index < -0.39 is 16.2 Å². The van der Waals surface area contributed by atoms with Gasteiger partial charge in [0.05, 0.1) is 17.4 Å². The van der Waals surface area contributed by atoms with Gasteiger partial charge in [0, 0.05) is 45.3 Å². The smallest absolute Gasteiger partial charge is 0.290 e. The van der Waals surface area contributed by atoms with Gasteiger partial charge in [-0.3, -0.25) is 15.0 Å². The highest BCUT2D eigenvalue weighted by Gasteiger charge is 2.35. The summed E-state index contributed by atoms with van der Waals surface area (Å²) in [5, 5.41) is 6.69. The third-order valence-corrected chi connectivity index (χ3v) is 8.68. The number of nitrogens with zero attached hydrogens (tertiary/aromatic N) is 5. The van der Waals surface area contributed by atoms with Gasteiger partial charge in [0.25, 0.3) is 10.2 Å². The molecule has 2 aromatic rings. The van der Waals surface area contributed by atoms with Crippen LogP contribution in [0.15, 0.2) is 24.5 Å². The number of rotatable bonds is 6. The number of urea groups is 1. The van der Waals surface area contributed by atoms with Gasteiger partial charge in [-0.1, -0.05) is 6.92 Å². The summed E-state index contributed by atoms with van der Waals surface area (Å²) >= 11 is 0. The fourth-order valence-corrected chi connectivity index (χ4v) is 6.15. The first-order chi connectivity index (χ1) is 15.2. The van der Waals surface area contributed by atoms with Crippen molar-refractivity contribution in [2.75, 3.05) is 31.6 Å². The third-order valence-electron chi connectivity index (χ3n) is 6.49. The Kier molecular flexibility index (Phi) is 6.24. The quantitative estimate of drug-likeness (QED) is 0.702. The number of carbonyl (C=O) groups excluding carboxylic acids is 2. The summed E-state index contributed by atoms with van der Waals surface area (Å²) in [7, 11) is -1.80. The first-order valence-corrected chi connectivity index (χ1v) is 12.4. The van der Waals surface area contributed by atoms with Crippen LogP contribution >= 0.6 is 0 Å². The zero-order valence-electron chi connectivity index (χ0n) is 18.7. The highest BCUT2D eigenvalue weighted by molar-refractivity contribution is 7.86. The maximum atomic E-state index is 12.7. The fourth-order valence-electron chi connectivity index (χ4n) is 4.59. The van der Waals surface area contributed by atoms with Crippen LogP contribution in [-0.4, -0.2) is 71.3 Å². The second-order valence-corrected chi connectivity index (χ2v) is 10.6. The molecule has 0 aliphatic carbocycles. The van der Waals surface area contributed by atoms with Crippen molar-refractivity contribution in [1.82, 2.24) is 23.5 Å². The molecule has 1 N–H and O–H groups in total. The molecule has 32 heavy (non-hydrogen) atoms. The minimum absolute atomic E-state index is 0.0587. The number of amides is 3. The summed E-state index contributed by atoms with van der Waals surface area (Å²) in [6, 6.07) is 3.56. The van der Waals surface area contributed by atoms with Gasteiger partial charge in [-0.05, 0) is 49.8 Å². The van der Waals surface area contributed by atoms with Crippen LogP contribution in [-0.2, 0) is 21.4 Å². The Balaban J connectivity index is 1.49. The molecule has 0 unspecified atom stereocenters. The molecule has 0 radical (unpaired) electrons. The van der Waals surface area contributed by atoms with E-state index in [4.69, 9.17) is 0 Å². The molecule has 2 aliphatic heterocycles. The van der Waals surface area contributed by atoms with Crippen LogP contribution in [0.25, 0.3) is 5.52 Å². The van der Waals surface area contributed by atoms with Gasteiger partial charge in [-0.2, -0.15) is 22.1 Å². The molecule has 0 aromatic carbocycles. The lowest BCUT2D eigenvalue weighted by Gasteiger charge is -2.38. The van der Waals surface area contributed by atoms with Gasteiger partial charge >= 0.3 is 6.03 Å². The number of fused-ring (bicyclic) bond motifs is 1. The first kappa shape index (κ1) is 22.7. The lowest BCUT2D eigenvalue weighted by molar-refractivity contribution is -0.120. The zero-order valence-corrected chi connectivity index (χ0v) is 19.5. The molecule has 3 amide bonds. The third kappa shape index (κ3) is 4.24. The topological polar surface area (TPSA) is 107 Å². The number of aromatic nitrogens is 2. The Morgan fingerprint density at radius 1 is 1.28 bits per heavy atom. The molecule has 0 bridgehead atoms. The predicted octanol–water partition coefficient (Wildman–Crippen LogP) is 1.62. The van der Waals surface area contributed by atoms with E-state index in [9.17, 15) is 18.0 Å².